The maximum Gasteiger partial charge on any atom is 0.302 e. The van der Waals surface area contributed by atoms with E-state index in [1.54, 1.807) is 17.7 Å². The SMILES string of the molecule is Cc1cn2c(nc1=O)O[C@H]1[C@H](O)[C@@H](CN)O[C@H]12. The monoisotopic (exact) mass is 239 g/mol. The van der Waals surface area contributed by atoms with Crippen molar-refractivity contribution in [3.05, 3.63) is 22.1 Å². The van der Waals surface area contributed by atoms with Crippen LogP contribution >= 0.6 is 0 Å². The van der Waals surface area contributed by atoms with Crippen LogP contribution in [-0.4, -0.2) is 39.5 Å². The molecule has 2 aliphatic rings. The molecule has 0 aromatic carbocycles. The van der Waals surface area contributed by atoms with Crippen molar-refractivity contribution in [3.8, 4) is 6.01 Å². The van der Waals surface area contributed by atoms with Crippen molar-refractivity contribution in [2.24, 2.45) is 5.73 Å². The summed E-state index contributed by atoms with van der Waals surface area (Å²) >= 11 is 0. The third-order valence-corrected chi connectivity index (χ3v) is 3.15. The van der Waals surface area contributed by atoms with Gasteiger partial charge in [0.1, 0.15) is 12.2 Å². The third-order valence-electron chi connectivity index (χ3n) is 3.15. The standard InChI is InChI=1S/C10H13N3O4/c1-4-3-13-9-7(6(14)5(2-11)16-9)17-10(13)12-8(4)15/h3,5-7,9,14H,2,11H2,1H3/t5-,6-,7+,9-/m1/s1. The minimum absolute atomic E-state index is 0.185. The summed E-state index contributed by atoms with van der Waals surface area (Å²) in [7, 11) is 0. The number of hydrogen-bond acceptors (Lipinski definition) is 6. The number of ether oxygens (including phenoxy) is 2. The van der Waals surface area contributed by atoms with Gasteiger partial charge in [-0.25, -0.2) is 0 Å². The van der Waals surface area contributed by atoms with E-state index in [-0.39, 0.29) is 18.1 Å². The van der Waals surface area contributed by atoms with Crippen LogP contribution in [0.15, 0.2) is 11.0 Å². The van der Waals surface area contributed by atoms with Gasteiger partial charge in [0.2, 0.25) is 0 Å². The summed E-state index contributed by atoms with van der Waals surface area (Å²) in [5.41, 5.74) is 5.66. The molecule has 1 saturated heterocycles. The molecule has 3 N–H and O–H groups in total. The molecule has 7 nitrogen and oxygen atoms in total. The molecule has 17 heavy (non-hydrogen) atoms. The molecule has 1 aromatic rings. The number of nitrogens with zero attached hydrogens (tertiary/aromatic N) is 2. The van der Waals surface area contributed by atoms with E-state index in [0.29, 0.717) is 5.56 Å². The van der Waals surface area contributed by atoms with Gasteiger partial charge in [-0.1, -0.05) is 0 Å². The van der Waals surface area contributed by atoms with Crippen LogP contribution in [0.25, 0.3) is 0 Å². The van der Waals surface area contributed by atoms with Crippen molar-refractivity contribution in [2.75, 3.05) is 6.54 Å². The first-order valence-corrected chi connectivity index (χ1v) is 5.42. The zero-order valence-corrected chi connectivity index (χ0v) is 9.24. The Kier molecular flexibility index (Phi) is 2.22. The number of hydrogen-bond donors (Lipinski definition) is 2. The molecule has 0 saturated carbocycles. The average molecular weight is 239 g/mol. The Morgan fingerprint density at radius 3 is 3.12 bits per heavy atom. The number of aromatic nitrogens is 2. The first kappa shape index (κ1) is 10.7. The maximum absolute atomic E-state index is 11.4. The molecule has 0 bridgehead atoms. The van der Waals surface area contributed by atoms with Gasteiger partial charge in [-0.2, -0.15) is 4.98 Å². The zero-order chi connectivity index (χ0) is 12.2. The van der Waals surface area contributed by atoms with Crippen LogP contribution in [0.3, 0.4) is 0 Å². The van der Waals surface area contributed by atoms with Crippen molar-refractivity contribution >= 4 is 0 Å². The molecule has 1 aromatic heterocycles. The Bertz CT molecular complexity index is 515. The second kappa shape index (κ2) is 3.52. The number of fused-ring (bicyclic) bond motifs is 3. The van der Waals surface area contributed by atoms with E-state index in [0.717, 1.165) is 0 Å². The van der Waals surface area contributed by atoms with Crippen LogP contribution < -0.4 is 16.0 Å². The molecule has 4 atom stereocenters. The summed E-state index contributed by atoms with van der Waals surface area (Å²) < 4.78 is 12.6. The molecular weight excluding hydrogens is 226 g/mol. The second-order valence-corrected chi connectivity index (χ2v) is 4.29. The molecule has 3 heterocycles. The number of nitrogens with two attached hydrogens (primary N) is 1. The molecule has 0 aliphatic carbocycles. The highest BCUT2D eigenvalue weighted by atomic mass is 16.6. The topological polar surface area (TPSA) is 99.6 Å². The van der Waals surface area contributed by atoms with Crippen molar-refractivity contribution in [1.82, 2.24) is 9.55 Å². The quantitative estimate of drug-likeness (QED) is 0.620. The highest BCUT2D eigenvalue weighted by molar-refractivity contribution is 5.15. The van der Waals surface area contributed by atoms with E-state index in [1.807, 2.05) is 0 Å². The Morgan fingerprint density at radius 1 is 1.65 bits per heavy atom. The normalized spacial score (nSPS) is 34.3. The Hall–Kier alpha value is -1.44. The molecule has 92 valence electrons. The van der Waals surface area contributed by atoms with Gasteiger partial charge in [0.05, 0.1) is 0 Å². The average Bonchev–Trinajstić information content (AvgIpc) is 2.78. The number of aliphatic hydroxyl groups excluding tert-OH is 1. The van der Waals surface area contributed by atoms with Crippen LogP contribution in [0.4, 0.5) is 0 Å². The smallest absolute Gasteiger partial charge is 0.302 e. The van der Waals surface area contributed by atoms with Gasteiger partial charge in [-0.05, 0) is 6.92 Å². The van der Waals surface area contributed by atoms with Crippen LogP contribution in [0.5, 0.6) is 6.01 Å². The van der Waals surface area contributed by atoms with E-state index in [9.17, 15) is 9.90 Å². The summed E-state index contributed by atoms with van der Waals surface area (Å²) in [6.45, 7) is 1.89. The largest absolute Gasteiger partial charge is 0.453 e. The van der Waals surface area contributed by atoms with Gasteiger partial charge in [0.15, 0.2) is 12.3 Å². The summed E-state index contributed by atoms with van der Waals surface area (Å²) in [5.74, 6) is 0. The first-order valence-electron chi connectivity index (χ1n) is 5.42. The molecule has 7 heteroatoms. The Balaban J connectivity index is 2.02. The lowest BCUT2D eigenvalue weighted by Gasteiger charge is -2.14. The van der Waals surface area contributed by atoms with Gasteiger partial charge < -0.3 is 20.3 Å². The lowest BCUT2D eigenvalue weighted by molar-refractivity contribution is -0.0117. The van der Waals surface area contributed by atoms with Crippen LogP contribution in [0, 0.1) is 6.92 Å². The van der Waals surface area contributed by atoms with E-state index >= 15 is 0 Å². The molecule has 3 rings (SSSR count). The minimum atomic E-state index is -0.804. The number of rotatable bonds is 1. The fraction of sp³-hybridized carbons (Fsp3) is 0.600. The van der Waals surface area contributed by atoms with Gasteiger partial charge in [0.25, 0.3) is 5.56 Å². The lowest BCUT2D eigenvalue weighted by atomic mass is 10.1. The number of aliphatic hydroxyl groups is 1. The molecule has 1 fully saturated rings. The Morgan fingerprint density at radius 2 is 2.41 bits per heavy atom. The van der Waals surface area contributed by atoms with Gasteiger partial charge >= 0.3 is 6.01 Å². The van der Waals surface area contributed by atoms with Crippen molar-refractivity contribution < 1.29 is 14.6 Å². The fourth-order valence-corrected chi connectivity index (χ4v) is 2.21. The summed E-state index contributed by atoms with van der Waals surface area (Å²) in [5, 5.41) is 9.92. The van der Waals surface area contributed by atoms with Gasteiger partial charge in [-0.15, -0.1) is 0 Å². The van der Waals surface area contributed by atoms with Gasteiger partial charge in [-0.3, -0.25) is 9.36 Å². The van der Waals surface area contributed by atoms with Crippen molar-refractivity contribution in [3.63, 3.8) is 0 Å². The predicted octanol–water partition coefficient (Wildman–Crippen LogP) is -1.47. The Labute approximate surface area is 96.8 Å². The molecule has 0 spiro atoms. The molecule has 0 radical (unpaired) electrons. The summed E-state index contributed by atoms with van der Waals surface area (Å²) in [6, 6.07) is 0.185. The summed E-state index contributed by atoms with van der Waals surface area (Å²) in [6.07, 6.45) is -0.626. The highest BCUT2D eigenvalue weighted by Crippen LogP contribution is 2.38. The predicted molar refractivity (Wildman–Crippen MR) is 56.6 cm³/mol. The van der Waals surface area contributed by atoms with Crippen LogP contribution in [-0.2, 0) is 4.74 Å². The molecule has 0 amide bonds. The molecular formula is C10H13N3O4. The fourth-order valence-electron chi connectivity index (χ4n) is 2.21. The van der Waals surface area contributed by atoms with E-state index in [4.69, 9.17) is 15.2 Å². The zero-order valence-electron chi connectivity index (χ0n) is 9.24. The molecule has 2 aliphatic heterocycles. The number of aryl methyl sites for hydroxylation is 1. The summed E-state index contributed by atoms with van der Waals surface area (Å²) in [4.78, 5) is 15.2. The minimum Gasteiger partial charge on any atom is -0.453 e. The van der Waals surface area contributed by atoms with E-state index < -0.39 is 24.5 Å². The third kappa shape index (κ3) is 1.40. The van der Waals surface area contributed by atoms with Crippen LogP contribution in [0.2, 0.25) is 0 Å². The van der Waals surface area contributed by atoms with Crippen LogP contribution in [0.1, 0.15) is 11.8 Å². The van der Waals surface area contributed by atoms with E-state index in [2.05, 4.69) is 4.98 Å². The van der Waals surface area contributed by atoms with Crippen molar-refractivity contribution in [2.45, 2.75) is 31.5 Å². The lowest BCUT2D eigenvalue weighted by Crippen LogP contribution is -2.37. The van der Waals surface area contributed by atoms with Gasteiger partial charge in [0, 0.05) is 18.3 Å². The molecule has 0 unspecified atom stereocenters. The first-order chi connectivity index (χ1) is 8.11. The van der Waals surface area contributed by atoms with Crippen molar-refractivity contribution in [1.29, 1.82) is 0 Å². The van der Waals surface area contributed by atoms with E-state index in [1.165, 1.54) is 0 Å². The highest BCUT2D eigenvalue weighted by Gasteiger charge is 2.50. The second-order valence-electron chi connectivity index (χ2n) is 4.29. The maximum atomic E-state index is 11.4.